The van der Waals surface area contributed by atoms with Crippen LogP contribution in [0.2, 0.25) is 0 Å². The summed E-state index contributed by atoms with van der Waals surface area (Å²) in [6.45, 7) is 14.6. The molecule has 0 saturated heterocycles. The zero-order valence-corrected chi connectivity index (χ0v) is 20.5. The van der Waals surface area contributed by atoms with Gasteiger partial charge in [-0.15, -0.1) is 0 Å². The summed E-state index contributed by atoms with van der Waals surface area (Å²) in [4.78, 5) is 2.61. The molecule has 0 bridgehead atoms. The van der Waals surface area contributed by atoms with Crippen molar-refractivity contribution in [3.8, 4) is 11.5 Å². The van der Waals surface area contributed by atoms with Crippen molar-refractivity contribution in [2.24, 2.45) is 11.8 Å². The molecule has 3 nitrogen and oxygen atoms in total. The topological polar surface area (TPSA) is 32.7 Å². The number of phenols is 1. The molecule has 2 heterocycles. The number of unbranched alkanes of at least 4 members (excludes halogenated alkanes) is 2. The fourth-order valence-electron chi connectivity index (χ4n) is 5.81. The van der Waals surface area contributed by atoms with Gasteiger partial charge in [0.05, 0.1) is 5.56 Å². The largest absolute Gasteiger partial charge is 0.507 e. The molecule has 4 rings (SSSR count). The Bertz CT molecular complexity index is 821. The van der Waals surface area contributed by atoms with E-state index in [1.54, 1.807) is 0 Å². The van der Waals surface area contributed by atoms with Crippen molar-refractivity contribution in [1.29, 1.82) is 0 Å². The minimum absolute atomic E-state index is 0.300. The van der Waals surface area contributed by atoms with E-state index in [1.165, 1.54) is 68.2 Å². The van der Waals surface area contributed by atoms with Crippen molar-refractivity contribution in [2.75, 3.05) is 19.6 Å². The predicted octanol–water partition coefficient (Wildman–Crippen LogP) is 7.14. The van der Waals surface area contributed by atoms with Crippen LogP contribution >= 0.6 is 0 Å². The molecule has 3 aliphatic rings. The molecule has 0 amide bonds. The summed E-state index contributed by atoms with van der Waals surface area (Å²) in [7, 11) is 0. The quantitative estimate of drug-likeness (QED) is 0.449. The zero-order valence-electron chi connectivity index (χ0n) is 20.5. The van der Waals surface area contributed by atoms with Crippen LogP contribution in [0.3, 0.4) is 0 Å². The standard InChI is InChI=1S/C28H43NO2/c1-6-7-8-10-19(2)20(3)22-15-25(30)27-23-18-29(17-21-11-9-12-21)14-13-24(23)28(4,5)31-26(27)16-22/h15-16,19-21,30H,6-14,17-18H2,1-5H3. The maximum atomic E-state index is 11.2. The van der Waals surface area contributed by atoms with Crippen LogP contribution < -0.4 is 4.74 Å². The van der Waals surface area contributed by atoms with Gasteiger partial charge in [0.2, 0.25) is 0 Å². The Hall–Kier alpha value is -1.48. The van der Waals surface area contributed by atoms with E-state index < -0.39 is 0 Å². The molecule has 31 heavy (non-hydrogen) atoms. The van der Waals surface area contributed by atoms with Gasteiger partial charge in [-0.1, -0.05) is 52.9 Å². The second-order valence-corrected chi connectivity index (χ2v) is 11.0. The van der Waals surface area contributed by atoms with E-state index in [4.69, 9.17) is 4.74 Å². The Morgan fingerprint density at radius 2 is 1.97 bits per heavy atom. The number of rotatable bonds is 8. The van der Waals surface area contributed by atoms with Gasteiger partial charge in [-0.3, -0.25) is 4.90 Å². The highest BCUT2D eigenvalue weighted by Crippen LogP contribution is 2.49. The number of benzene rings is 1. The molecule has 1 aliphatic carbocycles. The van der Waals surface area contributed by atoms with Crippen LogP contribution in [0.1, 0.15) is 103 Å². The summed E-state index contributed by atoms with van der Waals surface area (Å²) in [5.41, 5.74) is 4.58. The third-order valence-corrected chi connectivity index (χ3v) is 8.30. The molecular formula is C28H43NO2. The van der Waals surface area contributed by atoms with Crippen molar-refractivity contribution in [2.45, 2.75) is 97.5 Å². The molecule has 1 N–H and O–H groups in total. The van der Waals surface area contributed by atoms with E-state index in [9.17, 15) is 5.11 Å². The van der Waals surface area contributed by atoms with Crippen molar-refractivity contribution >= 4 is 5.57 Å². The number of aromatic hydroxyl groups is 1. The smallest absolute Gasteiger partial charge is 0.132 e. The fourth-order valence-corrected chi connectivity index (χ4v) is 5.81. The highest BCUT2D eigenvalue weighted by atomic mass is 16.5. The average molecular weight is 426 g/mol. The van der Waals surface area contributed by atoms with Gasteiger partial charge in [-0.25, -0.2) is 0 Å². The summed E-state index contributed by atoms with van der Waals surface area (Å²) >= 11 is 0. The van der Waals surface area contributed by atoms with Gasteiger partial charge in [0, 0.05) is 19.6 Å². The number of hydrogen-bond acceptors (Lipinski definition) is 3. The minimum Gasteiger partial charge on any atom is -0.507 e. The third-order valence-electron chi connectivity index (χ3n) is 8.30. The maximum absolute atomic E-state index is 11.2. The molecule has 0 aromatic heterocycles. The summed E-state index contributed by atoms with van der Waals surface area (Å²) in [6.07, 6.45) is 10.3. The first-order valence-corrected chi connectivity index (χ1v) is 12.8. The lowest BCUT2D eigenvalue weighted by atomic mass is 9.79. The molecule has 1 aromatic carbocycles. The molecule has 2 aliphatic heterocycles. The second-order valence-electron chi connectivity index (χ2n) is 11.0. The zero-order chi connectivity index (χ0) is 22.2. The SMILES string of the molecule is CCCCCC(C)C(C)c1cc(O)c2c(c1)OC(C)(C)C1=C2CN(CC2CCC2)CC1. The highest BCUT2D eigenvalue weighted by molar-refractivity contribution is 5.82. The minimum atomic E-state index is -0.300. The van der Waals surface area contributed by atoms with E-state index in [0.717, 1.165) is 36.7 Å². The van der Waals surface area contributed by atoms with Crippen LogP contribution in [0.4, 0.5) is 0 Å². The predicted molar refractivity (Wildman–Crippen MR) is 130 cm³/mol. The van der Waals surface area contributed by atoms with Crippen LogP contribution in [0.5, 0.6) is 11.5 Å². The Kier molecular flexibility index (Phi) is 6.72. The fraction of sp³-hybridized carbons (Fsp3) is 0.714. The molecule has 2 atom stereocenters. The third kappa shape index (κ3) is 4.67. The monoisotopic (exact) mass is 425 g/mol. The van der Waals surface area contributed by atoms with Crippen LogP contribution in [-0.2, 0) is 0 Å². The van der Waals surface area contributed by atoms with E-state index in [2.05, 4.69) is 45.6 Å². The first kappa shape index (κ1) is 22.7. The number of phenolic OH excluding ortho intramolecular Hbond substituents is 1. The van der Waals surface area contributed by atoms with Gasteiger partial charge in [-0.05, 0) is 79.7 Å². The average Bonchev–Trinajstić information content (AvgIpc) is 2.69. The summed E-state index contributed by atoms with van der Waals surface area (Å²) in [5, 5.41) is 11.2. The van der Waals surface area contributed by atoms with Crippen LogP contribution in [0, 0.1) is 11.8 Å². The Labute approximate surface area is 189 Å². The van der Waals surface area contributed by atoms with Crippen LogP contribution in [0.15, 0.2) is 17.7 Å². The molecule has 1 saturated carbocycles. The normalized spacial score (nSPS) is 22.9. The van der Waals surface area contributed by atoms with Gasteiger partial charge in [0.15, 0.2) is 0 Å². The van der Waals surface area contributed by atoms with Crippen LogP contribution in [-0.4, -0.2) is 35.2 Å². The van der Waals surface area contributed by atoms with Gasteiger partial charge in [-0.2, -0.15) is 0 Å². The van der Waals surface area contributed by atoms with Gasteiger partial charge >= 0.3 is 0 Å². The number of nitrogens with zero attached hydrogens (tertiary/aromatic N) is 1. The molecule has 1 aromatic rings. The first-order chi connectivity index (χ1) is 14.8. The van der Waals surface area contributed by atoms with Crippen molar-refractivity contribution < 1.29 is 9.84 Å². The number of hydrogen-bond donors (Lipinski definition) is 1. The Balaban J connectivity index is 1.60. The number of ether oxygens (including phenoxy) is 1. The number of fused-ring (bicyclic) bond motifs is 2. The van der Waals surface area contributed by atoms with E-state index in [-0.39, 0.29) is 5.60 Å². The first-order valence-electron chi connectivity index (χ1n) is 12.8. The molecule has 0 spiro atoms. The molecule has 3 heteroatoms. The Morgan fingerprint density at radius 3 is 2.65 bits per heavy atom. The van der Waals surface area contributed by atoms with Crippen molar-refractivity contribution in [3.63, 3.8) is 0 Å². The lowest BCUT2D eigenvalue weighted by molar-refractivity contribution is 0.124. The van der Waals surface area contributed by atoms with Crippen LogP contribution in [0.25, 0.3) is 5.57 Å². The van der Waals surface area contributed by atoms with Gasteiger partial charge in [0.25, 0.3) is 0 Å². The molecular weight excluding hydrogens is 382 g/mol. The van der Waals surface area contributed by atoms with Crippen molar-refractivity contribution in [1.82, 2.24) is 4.90 Å². The molecule has 0 radical (unpaired) electrons. The Morgan fingerprint density at radius 1 is 1.19 bits per heavy atom. The summed E-state index contributed by atoms with van der Waals surface area (Å²) in [5.74, 6) is 3.19. The van der Waals surface area contributed by atoms with Crippen molar-refractivity contribution in [3.05, 3.63) is 28.8 Å². The molecule has 2 unspecified atom stereocenters. The second kappa shape index (κ2) is 9.17. The van der Waals surface area contributed by atoms with Gasteiger partial charge in [0.1, 0.15) is 17.1 Å². The van der Waals surface area contributed by atoms with E-state index in [1.807, 2.05) is 6.07 Å². The lowest BCUT2D eigenvalue weighted by Crippen LogP contribution is -2.44. The molecule has 172 valence electrons. The summed E-state index contributed by atoms with van der Waals surface area (Å²) < 4.78 is 6.55. The highest BCUT2D eigenvalue weighted by Gasteiger charge is 2.39. The lowest BCUT2D eigenvalue weighted by Gasteiger charge is -2.44. The van der Waals surface area contributed by atoms with E-state index >= 15 is 0 Å². The van der Waals surface area contributed by atoms with E-state index in [0.29, 0.717) is 17.6 Å². The van der Waals surface area contributed by atoms with Gasteiger partial charge < -0.3 is 9.84 Å². The maximum Gasteiger partial charge on any atom is 0.132 e. The summed E-state index contributed by atoms with van der Waals surface area (Å²) in [6, 6.07) is 4.25. The molecule has 1 fully saturated rings.